The highest BCUT2D eigenvalue weighted by molar-refractivity contribution is 6.04. The number of phenolic OH excluding ortho intramolecular Hbond substituents is 2. The Morgan fingerprint density at radius 1 is 0.880 bits per heavy atom. The zero-order valence-electron chi connectivity index (χ0n) is 14.8. The van der Waals surface area contributed by atoms with E-state index in [2.05, 4.69) is 12.2 Å². The molecule has 0 saturated heterocycles. The normalized spacial score (nSPS) is 10.6. The number of carbonyl (C=O) groups excluding carboxylic acids is 1. The fourth-order valence-corrected chi connectivity index (χ4v) is 2.74. The van der Waals surface area contributed by atoms with E-state index in [1.807, 2.05) is 24.3 Å². The van der Waals surface area contributed by atoms with E-state index in [-0.39, 0.29) is 17.4 Å². The lowest BCUT2D eigenvalue weighted by molar-refractivity contribution is 0.102. The molecular weight excluding hydrogens is 314 g/mol. The Balaban J connectivity index is 1.82. The number of carbonyl (C=O) groups is 1. The summed E-state index contributed by atoms with van der Waals surface area (Å²) in [6, 6.07) is 11.8. The smallest absolute Gasteiger partial charge is 0.255 e. The summed E-state index contributed by atoms with van der Waals surface area (Å²) in [7, 11) is 0. The van der Waals surface area contributed by atoms with Gasteiger partial charge < -0.3 is 15.5 Å². The van der Waals surface area contributed by atoms with Crippen LogP contribution in [0.3, 0.4) is 0 Å². The second-order valence-electron chi connectivity index (χ2n) is 6.37. The molecular formula is C21H27NO3. The molecule has 25 heavy (non-hydrogen) atoms. The van der Waals surface area contributed by atoms with Crippen LogP contribution in [0.25, 0.3) is 0 Å². The Bertz CT molecular complexity index is 680. The first-order valence-electron chi connectivity index (χ1n) is 9.02. The van der Waals surface area contributed by atoms with Crippen molar-refractivity contribution in [3.63, 3.8) is 0 Å². The minimum atomic E-state index is -0.257. The fraction of sp³-hybridized carbons (Fsp3) is 0.381. The van der Waals surface area contributed by atoms with Gasteiger partial charge in [0.1, 0.15) is 0 Å². The fourth-order valence-electron chi connectivity index (χ4n) is 2.74. The second-order valence-corrected chi connectivity index (χ2v) is 6.37. The molecule has 0 fully saturated rings. The maximum Gasteiger partial charge on any atom is 0.255 e. The average molecular weight is 341 g/mol. The molecule has 0 aliphatic heterocycles. The molecule has 0 radical (unpaired) electrons. The van der Waals surface area contributed by atoms with Gasteiger partial charge in [-0.1, -0.05) is 51.2 Å². The minimum absolute atomic E-state index is 0.211. The van der Waals surface area contributed by atoms with Gasteiger partial charge in [-0.15, -0.1) is 0 Å². The molecule has 0 saturated carbocycles. The highest BCUT2D eigenvalue weighted by Gasteiger charge is 2.08. The van der Waals surface area contributed by atoms with Gasteiger partial charge >= 0.3 is 0 Å². The monoisotopic (exact) mass is 341 g/mol. The molecule has 3 N–H and O–H groups in total. The van der Waals surface area contributed by atoms with E-state index in [1.165, 1.54) is 56.2 Å². The molecule has 0 aliphatic rings. The number of hydrogen-bond donors (Lipinski definition) is 3. The van der Waals surface area contributed by atoms with E-state index in [1.54, 1.807) is 6.07 Å². The third-order valence-electron chi connectivity index (χ3n) is 4.27. The molecule has 0 unspecified atom stereocenters. The van der Waals surface area contributed by atoms with Crippen LogP contribution in [-0.4, -0.2) is 16.1 Å². The number of aryl methyl sites for hydroxylation is 1. The summed E-state index contributed by atoms with van der Waals surface area (Å²) < 4.78 is 0. The van der Waals surface area contributed by atoms with Crippen LogP contribution in [0.2, 0.25) is 0 Å². The van der Waals surface area contributed by atoms with E-state index in [9.17, 15) is 15.0 Å². The number of unbranched alkanes of at least 4 members (excludes halogenated alkanes) is 5. The van der Waals surface area contributed by atoms with Crippen molar-refractivity contribution in [1.29, 1.82) is 0 Å². The predicted octanol–water partition coefficient (Wildman–Crippen LogP) is 5.25. The van der Waals surface area contributed by atoms with Crippen molar-refractivity contribution >= 4 is 11.6 Å². The van der Waals surface area contributed by atoms with Crippen LogP contribution in [0.1, 0.15) is 61.4 Å². The van der Waals surface area contributed by atoms with Crippen LogP contribution in [0.4, 0.5) is 5.69 Å². The molecule has 0 aromatic heterocycles. The molecule has 2 rings (SSSR count). The van der Waals surface area contributed by atoms with E-state index in [4.69, 9.17) is 0 Å². The molecule has 1 amide bonds. The number of benzene rings is 2. The zero-order chi connectivity index (χ0) is 18.1. The Labute approximate surface area is 149 Å². The lowest BCUT2D eigenvalue weighted by Crippen LogP contribution is -2.11. The van der Waals surface area contributed by atoms with Gasteiger partial charge in [0.25, 0.3) is 5.91 Å². The van der Waals surface area contributed by atoms with Crippen molar-refractivity contribution in [3.8, 4) is 11.5 Å². The Morgan fingerprint density at radius 3 is 2.24 bits per heavy atom. The van der Waals surface area contributed by atoms with Crippen molar-refractivity contribution < 1.29 is 15.0 Å². The van der Waals surface area contributed by atoms with Gasteiger partial charge in [0.05, 0.1) is 0 Å². The topological polar surface area (TPSA) is 69.6 Å². The first-order chi connectivity index (χ1) is 12.1. The largest absolute Gasteiger partial charge is 0.504 e. The first kappa shape index (κ1) is 18.8. The summed E-state index contributed by atoms with van der Waals surface area (Å²) in [5.74, 6) is -0.708. The van der Waals surface area contributed by atoms with Gasteiger partial charge in [0.2, 0.25) is 0 Å². The van der Waals surface area contributed by atoms with Crippen LogP contribution in [-0.2, 0) is 6.42 Å². The Morgan fingerprint density at radius 2 is 1.56 bits per heavy atom. The van der Waals surface area contributed by atoms with Crippen LogP contribution < -0.4 is 5.32 Å². The van der Waals surface area contributed by atoms with Gasteiger partial charge in [-0.2, -0.15) is 0 Å². The van der Waals surface area contributed by atoms with Crippen LogP contribution in [0.15, 0.2) is 42.5 Å². The van der Waals surface area contributed by atoms with Gasteiger partial charge in [0.15, 0.2) is 11.5 Å². The van der Waals surface area contributed by atoms with E-state index in [0.717, 1.165) is 6.42 Å². The molecule has 2 aromatic carbocycles. The van der Waals surface area contributed by atoms with Crippen LogP contribution in [0.5, 0.6) is 11.5 Å². The maximum absolute atomic E-state index is 12.2. The standard InChI is InChI=1S/C21H27NO3/c1-2-3-4-5-6-7-8-16-9-11-17(12-10-16)21(25)22-18-13-14-19(23)20(24)15-18/h9-15,23-24H,2-8H2,1H3,(H,22,25). The minimum Gasteiger partial charge on any atom is -0.504 e. The summed E-state index contributed by atoms with van der Waals surface area (Å²) in [4.78, 5) is 12.2. The predicted molar refractivity (Wildman–Crippen MR) is 101 cm³/mol. The number of nitrogens with one attached hydrogen (secondary N) is 1. The Kier molecular flexibility index (Phi) is 7.33. The van der Waals surface area contributed by atoms with Crippen molar-refractivity contribution in [1.82, 2.24) is 0 Å². The molecule has 4 heteroatoms. The van der Waals surface area contributed by atoms with Gasteiger partial charge in [-0.25, -0.2) is 0 Å². The Hall–Kier alpha value is -2.49. The van der Waals surface area contributed by atoms with Crippen LogP contribution >= 0.6 is 0 Å². The van der Waals surface area contributed by atoms with Gasteiger partial charge in [-0.3, -0.25) is 4.79 Å². The number of aromatic hydroxyl groups is 2. The highest BCUT2D eigenvalue weighted by atomic mass is 16.3. The van der Waals surface area contributed by atoms with Crippen molar-refractivity contribution in [3.05, 3.63) is 53.6 Å². The molecule has 4 nitrogen and oxygen atoms in total. The zero-order valence-corrected chi connectivity index (χ0v) is 14.8. The third-order valence-corrected chi connectivity index (χ3v) is 4.27. The average Bonchev–Trinajstić information content (AvgIpc) is 2.61. The quantitative estimate of drug-likeness (QED) is 0.331. The molecule has 0 atom stereocenters. The van der Waals surface area contributed by atoms with Crippen LogP contribution in [0, 0.1) is 0 Å². The van der Waals surface area contributed by atoms with Gasteiger partial charge in [-0.05, 0) is 42.7 Å². The third kappa shape index (κ3) is 6.14. The number of phenols is 2. The van der Waals surface area contributed by atoms with Crippen molar-refractivity contribution in [2.45, 2.75) is 51.9 Å². The number of anilines is 1. The SMILES string of the molecule is CCCCCCCCc1ccc(C(=O)Nc2ccc(O)c(O)c2)cc1. The van der Waals surface area contributed by atoms with Gasteiger partial charge in [0, 0.05) is 17.3 Å². The van der Waals surface area contributed by atoms with E-state index in [0.29, 0.717) is 11.3 Å². The number of rotatable bonds is 9. The van der Waals surface area contributed by atoms with E-state index < -0.39 is 0 Å². The highest BCUT2D eigenvalue weighted by Crippen LogP contribution is 2.27. The molecule has 0 heterocycles. The molecule has 0 spiro atoms. The number of hydrogen-bond acceptors (Lipinski definition) is 3. The lowest BCUT2D eigenvalue weighted by Gasteiger charge is -2.07. The molecule has 0 bridgehead atoms. The summed E-state index contributed by atoms with van der Waals surface area (Å²) in [6.45, 7) is 2.22. The lowest BCUT2D eigenvalue weighted by atomic mass is 10.0. The van der Waals surface area contributed by atoms with E-state index >= 15 is 0 Å². The first-order valence-corrected chi connectivity index (χ1v) is 9.02. The number of amides is 1. The summed E-state index contributed by atoms with van der Waals surface area (Å²) in [5.41, 5.74) is 2.25. The molecule has 2 aromatic rings. The van der Waals surface area contributed by atoms with Crippen molar-refractivity contribution in [2.24, 2.45) is 0 Å². The molecule has 134 valence electrons. The second kappa shape index (κ2) is 9.72. The summed E-state index contributed by atoms with van der Waals surface area (Å²) in [6.07, 6.45) is 8.70. The summed E-state index contributed by atoms with van der Waals surface area (Å²) in [5, 5.41) is 21.5. The summed E-state index contributed by atoms with van der Waals surface area (Å²) >= 11 is 0. The van der Waals surface area contributed by atoms with Crippen molar-refractivity contribution in [2.75, 3.05) is 5.32 Å². The maximum atomic E-state index is 12.2. The molecule has 0 aliphatic carbocycles.